The number of aliphatic imine (C=N–C) groups is 1. The van der Waals surface area contributed by atoms with Crippen LogP contribution in [0.15, 0.2) is 76.3 Å². The number of nitrogens with two attached hydrogens (primary N) is 1. The fraction of sp³-hybridized carbons (Fsp3) is 0.0870. The number of carbonyl (C=O) groups is 1. The van der Waals surface area contributed by atoms with Crippen LogP contribution >= 0.6 is 0 Å². The predicted molar refractivity (Wildman–Crippen MR) is 122 cm³/mol. The second-order valence-corrected chi connectivity index (χ2v) is 7.50. The molecule has 9 nitrogen and oxygen atoms in total. The third-order valence-electron chi connectivity index (χ3n) is 5.13. The zero-order valence-corrected chi connectivity index (χ0v) is 17.7. The molecule has 1 unspecified atom stereocenters. The number of anilines is 3. The number of aromatic nitrogens is 3. The number of nitrogens with one attached hydrogen (secondary N) is 2. The quantitative estimate of drug-likeness (QED) is 0.404. The Labute approximate surface area is 195 Å². The van der Waals surface area contributed by atoms with E-state index in [1.54, 1.807) is 12.1 Å². The van der Waals surface area contributed by atoms with Crippen molar-refractivity contribution in [2.24, 2.45) is 4.99 Å². The summed E-state index contributed by atoms with van der Waals surface area (Å²) in [5.74, 6) is -0.696. The molecular weight excluding hydrogens is 463 g/mol. The maximum Gasteiger partial charge on any atom is 0.417 e. The van der Waals surface area contributed by atoms with E-state index in [0.29, 0.717) is 17.6 Å². The molecule has 1 aliphatic rings. The summed E-state index contributed by atoms with van der Waals surface area (Å²) in [5, 5.41) is 13.2. The molecule has 0 aliphatic carbocycles. The summed E-state index contributed by atoms with van der Waals surface area (Å²) < 4.78 is 44.1. The maximum atomic E-state index is 12.9. The average molecular weight is 479 g/mol. The van der Waals surface area contributed by atoms with Gasteiger partial charge in [0, 0.05) is 17.3 Å². The number of benzene rings is 2. The summed E-state index contributed by atoms with van der Waals surface area (Å²) in [7, 11) is 0. The second kappa shape index (κ2) is 8.56. The first kappa shape index (κ1) is 22.1. The van der Waals surface area contributed by atoms with Crippen LogP contribution in [0.4, 0.5) is 30.6 Å². The number of hydrogen-bond donors (Lipinski definition) is 3. The molecule has 0 radical (unpaired) electrons. The summed E-state index contributed by atoms with van der Waals surface area (Å²) in [6, 6.07) is 17.1. The maximum absolute atomic E-state index is 12.9. The van der Waals surface area contributed by atoms with Crippen LogP contribution in [0.5, 0.6) is 0 Å². The van der Waals surface area contributed by atoms with Gasteiger partial charge in [-0.2, -0.15) is 13.2 Å². The molecule has 0 saturated carbocycles. The predicted octanol–water partition coefficient (Wildman–Crippen LogP) is 3.96. The van der Waals surface area contributed by atoms with Crippen molar-refractivity contribution in [1.82, 2.24) is 15.2 Å². The highest BCUT2D eigenvalue weighted by molar-refractivity contribution is 6.19. The zero-order valence-electron chi connectivity index (χ0n) is 17.7. The lowest BCUT2D eigenvalue weighted by molar-refractivity contribution is -0.137. The Morgan fingerprint density at radius 2 is 1.77 bits per heavy atom. The van der Waals surface area contributed by atoms with Gasteiger partial charge in [-0.15, -0.1) is 5.10 Å². The summed E-state index contributed by atoms with van der Waals surface area (Å²) in [5.41, 5.74) is 6.96. The number of hydrogen-bond acceptors (Lipinski definition) is 8. The molecule has 0 fully saturated rings. The SMILES string of the molecule is Nc1cc(C(F)(F)F)cnc1-c1nnc(NC2N=C(c3ccccc3)c3ccccc3NC2=O)o1. The first-order chi connectivity index (χ1) is 16.8. The zero-order chi connectivity index (χ0) is 24.6. The van der Waals surface area contributed by atoms with E-state index >= 15 is 0 Å². The van der Waals surface area contributed by atoms with Crippen molar-refractivity contribution in [3.8, 4) is 11.6 Å². The minimum atomic E-state index is -4.60. The first-order valence-corrected chi connectivity index (χ1v) is 10.3. The molecule has 1 atom stereocenters. The fourth-order valence-corrected chi connectivity index (χ4v) is 3.49. The van der Waals surface area contributed by atoms with Gasteiger partial charge in [0.15, 0.2) is 5.69 Å². The third kappa shape index (κ3) is 4.40. The highest BCUT2D eigenvalue weighted by atomic mass is 19.4. The van der Waals surface area contributed by atoms with Crippen LogP contribution in [0.3, 0.4) is 0 Å². The van der Waals surface area contributed by atoms with Crippen LogP contribution in [-0.4, -0.2) is 33.0 Å². The van der Waals surface area contributed by atoms with Crippen molar-refractivity contribution < 1.29 is 22.4 Å². The summed E-state index contributed by atoms with van der Waals surface area (Å²) in [4.78, 5) is 21.2. The normalized spacial score (nSPS) is 15.6. The number of pyridine rings is 1. The van der Waals surface area contributed by atoms with Gasteiger partial charge in [-0.3, -0.25) is 4.79 Å². The number of fused-ring (bicyclic) bond motifs is 1. The number of carbonyl (C=O) groups excluding carboxylic acids is 1. The van der Waals surface area contributed by atoms with Crippen molar-refractivity contribution >= 4 is 29.0 Å². The van der Waals surface area contributed by atoms with Crippen LogP contribution in [0, 0.1) is 0 Å². The second-order valence-electron chi connectivity index (χ2n) is 7.50. The molecule has 4 N–H and O–H groups in total. The van der Waals surface area contributed by atoms with Crippen LogP contribution in [0.1, 0.15) is 16.7 Å². The lowest BCUT2D eigenvalue weighted by Crippen LogP contribution is -2.32. The topological polar surface area (TPSA) is 131 Å². The molecule has 0 bridgehead atoms. The Morgan fingerprint density at radius 1 is 1.03 bits per heavy atom. The van der Waals surface area contributed by atoms with E-state index in [1.807, 2.05) is 42.5 Å². The minimum Gasteiger partial charge on any atom is -0.402 e. The van der Waals surface area contributed by atoms with E-state index in [0.717, 1.165) is 17.2 Å². The van der Waals surface area contributed by atoms with Crippen molar-refractivity contribution in [1.29, 1.82) is 0 Å². The number of alkyl halides is 3. The summed E-state index contributed by atoms with van der Waals surface area (Å²) in [6.07, 6.45) is -5.13. The fourth-order valence-electron chi connectivity index (χ4n) is 3.49. The molecule has 12 heteroatoms. The molecule has 2 aromatic carbocycles. The van der Waals surface area contributed by atoms with E-state index in [2.05, 4.69) is 30.8 Å². The molecule has 1 amide bonds. The monoisotopic (exact) mass is 479 g/mol. The number of benzodiazepines with no additional fused rings is 1. The number of nitrogens with zero attached hydrogens (tertiary/aromatic N) is 4. The minimum absolute atomic E-state index is 0.121. The van der Waals surface area contributed by atoms with Gasteiger partial charge < -0.3 is 20.8 Å². The van der Waals surface area contributed by atoms with Crippen molar-refractivity contribution in [2.45, 2.75) is 12.3 Å². The Hall–Kier alpha value is -4.74. The molecular formula is C23H16F3N7O2. The third-order valence-corrected chi connectivity index (χ3v) is 5.13. The first-order valence-electron chi connectivity index (χ1n) is 10.3. The number of amides is 1. The van der Waals surface area contributed by atoms with E-state index < -0.39 is 23.8 Å². The van der Waals surface area contributed by atoms with Gasteiger partial charge in [0.25, 0.3) is 11.8 Å². The van der Waals surface area contributed by atoms with Gasteiger partial charge >= 0.3 is 12.2 Å². The smallest absolute Gasteiger partial charge is 0.402 e. The van der Waals surface area contributed by atoms with Crippen LogP contribution < -0.4 is 16.4 Å². The van der Waals surface area contributed by atoms with Crippen LogP contribution in [-0.2, 0) is 11.0 Å². The van der Waals surface area contributed by atoms with Gasteiger partial charge in [0.05, 0.1) is 22.6 Å². The molecule has 0 saturated heterocycles. The van der Waals surface area contributed by atoms with Gasteiger partial charge in [-0.05, 0) is 12.1 Å². The Balaban J connectivity index is 1.46. The largest absolute Gasteiger partial charge is 0.417 e. The molecule has 5 rings (SSSR count). The molecule has 2 aromatic heterocycles. The summed E-state index contributed by atoms with van der Waals surface area (Å²) in [6.45, 7) is 0. The van der Waals surface area contributed by atoms with E-state index in [1.165, 1.54) is 0 Å². The number of rotatable bonds is 4. The van der Waals surface area contributed by atoms with Gasteiger partial charge in [-0.25, -0.2) is 9.98 Å². The standard InChI is InChI=1S/C23H16F3N7O2/c24-23(25,26)13-10-15(27)18(28-11-13)21-32-33-22(35-21)31-19-20(34)29-16-9-5-4-8-14(16)17(30-19)12-6-2-1-3-7-12/h1-11,19H,27H2,(H,29,34)(H,31,33). The summed E-state index contributed by atoms with van der Waals surface area (Å²) >= 11 is 0. The average Bonchev–Trinajstić information content (AvgIpc) is 3.25. The lowest BCUT2D eigenvalue weighted by atomic mass is 10.0. The van der Waals surface area contributed by atoms with Crippen molar-refractivity contribution in [3.05, 3.63) is 83.6 Å². The van der Waals surface area contributed by atoms with Crippen LogP contribution in [0.2, 0.25) is 0 Å². The Bertz CT molecular complexity index is 1430. The molecule has 35 heavy (non-hydrogen) atoms. The molecule has 176 valence electrons. The van der Waals surface area contributed by atoms with Gasteiger partial charge in [-0.1, -0.05) is 53.6 Å². The molecule has 3 heterocycles. The highest BCUT2D eigenvalue weighted by Gasteiger charge is 2.32. The molecule has 0 spiro atoms. The number of nitrogen functional groups attached to an aromatic ring is 1. The van der Waals surface area contributed by atoms with Gasteiger partial charge in [0.1, 0.15) is 0 Å². The molecule has 4 aromatic rings. The number of para-hydroxylation sites is 1. The number of halogens is 3. The Kier molecular flexibility index (Phi) is 5.40. The van der Waals surface area contributed by atoms with E-state index in [4.69, 9.17) is 10.2 Å². The van der Waals surface area contributed by atoms with Crippen molar-refractivity contribution in [2.75, 3.05) is 16.4 Å². The van der Waals surface area contributed by atoms with Crippen LogP contribution in [0.25, 0.3) is 11.6 Å². The van der Waals surface area contributed by atoms with Crippen molar-refractivity contribution in [3.63, 3.8) is 0 Å². The highest BCUT2D eigenvalue weighted by Crippen LogP contribution is 2.33. The Morgan fingerprint density at radius 3 is 2.51 bits per heavy atom. The molecule has 1 aliphatic heterocycles. The van der Waals surface area contributed by atoms with Gasteiger partial charge in [0.2, 0.25) is 6.17 Å². The lowest BCUT2D eigenvalue weighted by Gasteiger charge is -2.11. The van der Waals surface area contributed by atoms with E-state index in [-0.39, 0.29) is 23.3 Å². The van der Waals surface area contributed by atoms with E-state index in [9.17, 15) is 18.0 Å².